The number of benzene rings is 1. The first kappa shape index (κ1) is 31.1. The SMILES string of the molecule is COC(=O)Nc1nc2ccccc2[nH]1.C[C@H]1O[C@H](O[C@H]2[C@H](O)[C@@H](O)[C@@H](O)[C@H](O)[C@@H]2O)[C@@H](N)C[C@@H]1NC(=N)C(=O)O. The smallest absolute Gasteiger partial charge is 0.413 e. The number of aromatic nitrogens is 2. The molecule has 0 bridgehead atoms. The summed E-state index contributed by atoms with van der Waals surface area (Å²) in [6.45, 7) is 1.59. The van der Waals surface area contributed by atoms with E-state index in [1.54, 1.807) is 6.92 Å². The van der Waals surface area contributed by atoms with Crippen LogP contribution in [0.1, 0.15) is 13.3 Å². The number of nitrogens with zero attached hydrogens (tertiary/aromatic N) is 1. The van der Waals surface area contributed by atoms with Crippen LogP contribution in [0.25, 0.3) is 11.0 Å². The lowest BCUT2D eigenvalue weighted by atomic mass is 9.84. The van der Waals surface area contributed by atoms with Crippen molar-refractivity contribution in [1.82, 2.24) is 15.3 Å². The van der Waals surface area contributed by atoms with E-state index in [0.29, 0.717) is 5.95 Å². The molecule has 222 valence electrons. The van der Waals surface area contributed by atoms with Gasteiger partial charge in [0.25, 0.3) is 0 Å². The van der Waals surface area contributed by atoms with Crippen molar-refractivity contribution in [2.45, 2.75) is 74.4 Å². The number of nitrogens with two attached hydrogens (primary N) is 1. The summed E-state index contributed by atoms with van der Waals surface area (Å²) in [7, 11) is 1.30. The van der Waals surface area contributed by atoms with E-state index in [9.17, 15) is 35.1 Å². The van der Waals surface area contributed by atoms with Gasteiger partial charge in [0.15, 0.2) is 6.29 Å². The number of para-hydroxylation sites is 2. The minimum atomic E-state index is -1.74. The molecule has 10 atom stereocenters. The number of amidine groups is 1. The Morgan fingerprint density at radius 2 is 1.70 bits per heavy atom. The van der Waals surface area contributed by atoms with Crippen LogP contribution in [-0.2, 0) is 19.0 Å². The van der Waals surface area contributed by atoms with Gasteiger partial charge in [0.2, 0.25) is 11.8 Å². The monoisotopic (exact) mass is 570 g/mol. The number of carboxylic acids is 1. The number of aromatic amines is 1. The number of carbonyl (C=O) groups excluding carboxylic acids is 1. The van der Waals surface area contributed by atoms with Gasteiger partial charge < -0.3 is 60.9 Å². The molecule has 2 aliphatic rings. The number of hydrogen-bond acceptors (Lipinski definition) is 13. The fourth-order valence-corrected chi connectivity index (χ4v) is 4.23. The predicted molar refractivity (Wildman–Crippen MR) is 136 cm³/mol. The number of anilines is 1. The zero-order valence-electron chi connectivity index (χ0n) is 21.5. The molecule has 17 heteroatoms. The third-order valence-corrected chi connectivity index (χ3v) is 6.49. The van der Waals surface area contributed by atoms with Gasteiger partial charge in [-0.2, -0.15) is 0 Å². The summed E-state index contributed by atoms with van der Waals surface area (Å²) in [6, 6.07) is 6.12. The fourth-order valence-electron chi connectivity index (χ4n) is 4.23. The molecular formula is C23H34N6O11. The van der Waals surface area contributed by atoms with Gasteiger partial charge in [-0.25, -0.2) is 14.6 Å². The van der Waals surface area contributed by atoms with Crippen LogP contribution in [0.2, 0.25) is 0 Å². The van der Waals surface area contributed by atoms with Gasteiger partial charge in [-0.05, 0) is 25.5 Å². The zero-order chi connectivity index (χ0) is 29.7. The number of ether oxygens (including phenoxy) is 3. The number of rotatable bonds is 4. The third-order valence-electron chi connectivity index (χ3n) is 6.49. The molecule has 1 saturated carbocycles. The van der Waals surface area contributed by atoms with Crippen LogP contribution in [0.4, 0.5) is 10.7 Å². The fraction of sp³-hybridized carbons (Fsp3) is 0.565. The number of fused-ring (bicyclic) bond motifs is 1. The minimum Gasteiger partial charge on any atom is -0.475 e. The lowest BCUT2D eigenvalue weighted by Gasteiger charge is -2.45. The molecule has 0 unspecified atom stereocenters. The van der Waals surface area contributed by atoms with Crippen molar-refractivity contribution in [3.8, 4) is 0 Å². The van der Waals surface area contributed by atoms with Crippen molar-refractivity contribution in [2.24, 2.45) is 5.73 Å². The van der Waals surface area contributed by atoms with E-state index in [2.05, 4.69) is 25.3 Å². The molecule has 4 rings (SSSR count). The van der Waals surface area contributed by atoms with Crippen molar-refractivity contribution in [3.63, 3.8) is 0 Å². The number of H-pyrrole nitrogens is 1. The minimum absolute atomic E-state index is 0.161. The van der Waals surface area contributed by atoms with Crippen LogP contribution in [0.3, 0.4) is 0 Å². The van der Waals surface area contributed by atoms with Gasteiger partial charge >= 0.3 is 12.1 Å². The first-order valence-corrected chi connectivity index (χ1v) is 12.2. The average molecular weight is 571 g/mol. The van der Waals surface area contributed by atoms with E-state index in [1.807, 2.05) is 24.3 Å². The van der Waals surface area contributed by atoms with Gasteiger partial charge in [-0.3, -0.25) is 10.7 Å². The molecule has 2 heterocycles. The summed E-state index contributed by atoms with van der Waals surface area (Å²) in [6.07, 6.45) is -12.2. The van der Waals surface area contributed by atoms with Gasteiger partial charge in [0, 0.05) is 0 Å². The van der Waals surface area contributed by atoms with Gasteiger partial charge in [0.1, 0.15) is 36.6 Å². The highest BCUT2D eigenvalue weighted by Crippen LogP contribution is 2.28. The Labute approximate surface area is 227 Å². The third kappa shape index (κ3) is 7.20. The number of aliphatic hydroxyl groups excluding tert-OH is 5. The molecule has 1 amide bonds. The van der Waals surface area contributed by atoms with E-state index in [0.717, 1.165) is 11.0 Å². The average Bonchev–Trinajstić information content (AvgIpc) is 3.33. The molecule has 2 fully saturated rings. The highest BCUT2D eigenvalue weighted by molar-refractivity contribution is 6.33. The number of nitrogens with one attached hydrogen (secondary N) is 4. The van der Waals surface area contributed by atoms with E-state index in [4.69, 9.17) is 25.7 Å². The van der Waals surface area contributed by atoms with Crippen molar-refractivity contribution in [1.29, 1.82) is 5.41 Å². The maximum absolute atomic E-state index is 10.9. The normalized spacial score (nSPS) is 33.8. The molecule has 40 heavy (non-hydrogen) atoms. The molecule has 1 aromatic heterocycles. The molecule has 1 aliphatic heterocycles. The Kier molecular flexibility index (Phi) is 10.3. The van der Waals surface area contributed by atoms with Crippen LogP contribution in [-0.4, -0.2) is 127 Å². The number of imidazole rings is 1. The van der Waals surface area contributed by atoms with E-state index in [1.165, 1.54) is 7.11 Å². The first-order chi connectivity index (χ1) is 18.8. The Morgan fingerprint density at radius 3 is 2.27 bits per heavy atom. The molecule has 1 aromatic carbocycles. The van der Waals surface area contributed by atoms with Crippen LogP contribution >= 0.6 is 0 Å². The van der Waals surface area contributed by atoms with Crippen LogP contribution in [0.5, 0.6) is 0 Å². The summed E-state index contributed by atoms with van der Waals surface area (Å²) in [5.74, 6) is -1.76. The summed E-state index contributed by atoms with van der Waals surface area (Å²) in [4.78, 5) is 28.7. The Morgan fingerprint density at radius 1 is 1.10 bits per heavy atom. The van der Waals surface area contributed by atoms with Gasteiger partial charge in [0.05, 0.1) is 36.3 Å². The maximum Gasteiger partial charge on any atom is 0.413 e. The highest BCUT2D eigenvalue weighted by Gasteiger charge is 2.51. The van der Waals surface area contributed by atoms with Gasteiger partial charge in [-0.1, -0.05) is 12.1 Å². The Hall–Kier alpha value is -3.42. The second-order valence-electron chi connectivity index (χ2n) is 9.31. The molecule has 0 radical (unpaired) electrons. The standard InChI is InChI=1S/C14H25N3O9.C9H9N3O2/c1-3-5(17-12(16)13(23)24)2-4(15)14(25-3)26-11-9(21)7(19)6(18)8(20)10(11)22;1-14-9(13)12-8-10-6-4-2-3-5-7(6)11-8/h3-11,14,18-22H,2,15H2,1H3,(H2,16,17)(H,23,24);2-5H,1H3,(H2,10,11,12,13)/t3-,4+,5+,6-,7+,8+,9-,10+,11+,14-;/m1./s1. The summed E-state index contributed by atoms with van der Waals surface area (Å²) >= 11 is 0. The highest BCUT2D eigenvalue weighted by atomic mass is 16.7. The molecular weight excluding hydrogens is 536 g/mol. The molecule has 12 N–H and O–H groups in total. The van der Waals surface area contributed by atoms with E-state index in [-0.39, 0.29) is 6.42 Å². The number of aliphatic hydroxyl groups is 5. The number of amides is 1. The maximum atomic E-state index is 10.9. The molecule has 1 saturated heterocycles. The Balaban J connectivity index is 0.000000263. The number of aliphatic carboxylic acids is 1. The number of carbonyl (C=O) groups is 2. The quantitative estimate of drug-likeness (QED) is 0.133. The summed E-state index contributed by atoms with van der Waals surface area (Å²) in [5, 5.41) is 70.0. The topological polar surface area (TPSA) is 286 Å². The van der Waals surface area contributed by atoms with Crippen molar-refractivity contribution in [2.75, 3.05) is 12.4 Å². The lowest BCUT2D eigenvalue weighted by Crippen LogP contribution is -2.66. The van der Waals surface area contributed by atoms with Crippen molar-refractivity contribution >= 4 is 34.9 Å². The van der Waals surface area contributed by atoms with E-state index < -0.39 is 79.0 Å². The largest absolute Gasteiger partial charge is 0.475 e. The molecule has 1 aliphatic carbocycles. The van der Waals surface area contributed by atoms with Crippen molar-refractivity contribution in [3.05, 3.63) is 24.3 Å². The second-order valence-corrected chi connectivity index (χ2v) is 9.31. The number of hydrogen-bond donors (Lipinski definition) is 11. The zero-order valence-corrected chi connectivity index (χ0v) is 21.5. The molecule has 2 aromatic rings. The number of methoxy groups -OCH3 is 1. The van der Waals surface area contributed by atoms with E-state index >= 15 is 0 Å². The van der Waals surface area contributed by atoms with Crippen LogP contribution in [0, 0.1) is 5.41 Å². The number of carboxylic acid groups (broad SMARTS) is 1. The summed E-state index contributed by atoms with van der Waals surface area (Å²) in [5.41, 5.74) is 7.62. The Bertz CT molecular complexity index is 1130. The lowest BCUT2D eigenvalue weighted by molar-refractivity contribution is -0.293. The predicted octanol–water partition coefficient (Wildman–Crippen LogP) is -2.59. The second kappa shape index (κ2) is 13.3. The summed E-state index contributed by atoms with van der Waals surface area (Å²) < 4.78 is 15.4. The first-order valence-electron chi connectivity index (χ1n) is 12.2. The molecule has 0 spiro atoms. The van der Waals surface area contributed by atoms with Gasteiger partial charge in [-0.15, -0.1) is 0 Å². The van der Waals surface area contributed by atoms with Crippen LogP contribution in [0.15, 0.2) is 24.3 Å². The van der Waals surface area contributed by atoms with Crippen LogP contribution < -0.4 is 16.4 Å². The van der Waals surface area contributed by atoms with Crippen molar-refractivity contribution < 1.29 is 54.4 Å². The molecule has 17 nitrogen and oxygen atoms in total.